The average molecular weight is 350 g/mol. The minimum atomic E-state index is -0.272. The van der Waals surface area contributed by atoms with Crippen molar-refractivity contribution in [2.75, 3.05) is 5.32 Å². The number of carbonyl (C=O) groups is 2. The third-order valence-corrected chi connectivity index (χ3v) is 4.45. The first-order chi connectivity index (χ1) is 10.9. The van der Waals surface area contributed by atoms with Crippen molar-refractivity contribution in [1.82, 2.24) is 0 Å². The molecule has 0 aliphatic rings. The highest BCUT2D eigenvalue weighted by atomic mass is 35.5. The second kappa shape index (κ2) is 7.62. The number of benzene rings is 2. The van der Waals surface area contributed by atoms with E-state index in [-0.39, 0.29) is 24.5 Å². The van der Waals surface area contributed by atoms with Crippen molar-refractivity contribution in [3.8, 4) is 0 Å². The van der Waals surface area contributed by atoms with Crippen LogP contribution in [0.1, 0.15) is 34.3 Å². The molecule has 0 saturated heterocycles. The number of hydrogen-bond donors (Lipinski definition) is 1. The van der Waals surface area contributed by atoms with E-state index in [1.807, 2.05) is 26.0 Å². The first kappa shape index (κ1) is 17.5. The van der Waals surface area contributed by atoms with Gasteiger partial charge < -0.3 is 5.32 Å². The third kappa shape index (κ3) is 4.57. The molecule has 0 bridgehead atoms. The summed E-state index contributed by atoms with van der Waals surface area (Å²) in [6.45, 7) is 3.95. The third-order valence-electron chi connectivity index (χ3n) is 3.63. The molecule has 120 valence electrons. The van der Waals surface area contributed by atoms with Gasteiger partial charge in [-0.2, -0.15) is 0 Å². The number of rotatable bonds is 5. The molecule has 1 amide bonds. The zero-order valence-electron chi connectivity index (χ0n) is 13.0. The normalized spacial score (nSPS) is 10.4. The Morgan fingerprint density at radius 3 is 2.43 bits per heavy atom. The van der Waals surface area contributed by atoms with Crippen LogP contribution in [-0.2, 0) is 4.79 Å². The zero-order valence-corrected chi connectivity index (χ0v) is 14.5. The summed E-state index contributed by atoms with van der Waals surface area (Å²) < 4.78 is 0. The second-order valence-electron chi connectivity index (χ2n) is 5.37. The molecule has 3 nitrogen and oxygen atoms in total. The Balaban J connectivity index is 1.94. The molecule has 0 spiro atoms. The second-order valence-corrected chi connectivity index (χ2v) is 6.16. The molecule has 1 N–H and O–H groups in total. The van der Waals surface area contributed by atoms with E-state index >= 15 is 0 Å². The van der Waals surface area contributed by atoms with Crippen molar-refractivity contribution < 1.29 is 9.59 Å². The summed E-state index contributed by atoms with van der Waals surface area (Å²) >= 11 is 11.9. The van der Waals surface area contributed by atoms with Crippen molar-refractivity contribution in [2.24, 2.45) is 0 Å². The number of ketones is 1. The summed E-state index contributed by atoms with van der Waals surface area (Å²) in [6, 6.07) is 10.6. The van der Waals surface area contributed by atoms with Crippen molar-refractivity contribution in [3.63, 3.8) is 0 Å². The lowest BCUT2D eigenvalue weighted by atomic mass is 10.0. The van der Waals surface area contributed by atoms with Gasteiger partial charge in [-0.1, -0.05) is 41.4 Å². The minimum absolute atomic E-state index is 0.0551. The highest BCUT2D eigenvalue weighted by Crippen LogP contribution is 2.29. The summed E-state index contributed by atoms with van der Waals surface area (Å²) in [7, 11) is 0. The van der Waals surface area contributed by atoms with E-state index in [1.54, 1.807) is 24.3 Å². The van der Waals surface area contributed by atoms with Crippen LogP contribution in [0.15, 0.2) is 36.4 Å². The number of aryl methyl sites for hydroxylation is 2. The summed E-state index contributed by atoms with van der Waals surface area (Å²) in [5.41, 5.74) is 3.27. The summed E-state index contributed by atoms with van der Waals surface area (Å²) in [5, 5.41) is 3.34. The van der Waals surface area contributed by atoms with Gasteiger partial charge in [0, 0.05) is 18.4 Å². The van der Waals surface area contributed by atoms with Gasteiger partial charge in [-0.25, -0.2) is 0 Å². The summed E-state index contributed by atoms with van der Waals surface area (Å²) in [4.78, 5) is 24.1. The molecule has 23 heavy (non-hydrogen) atoms. The Bertz CT molecular complexity index is 757. The quantitative estimate of drug-likeness (QED) is 0.752. The van der Waals surface area contributed by atoms with Gasteiger partial charge >= 0.3 is 0 Å². The smallest absolute Gasteiger partial charge is 0.224 e. The molecule has 0 saturated carbocycles. The van der Waals surface area contributed by atoms with Gasteiger partial charge in [0.15, 0.2) is 5.78 Å². The monoisotopic (exact) mass is 349 g/mol. The fourth-order valence-corrected chi connectivity index (χ4v) is 2.45. The van der Waals surface area contributed by atoms with Crippen LogP contribution in [0.25, 0.3) is 0 Å². The molecule has 0 aliphatic heterocycles. The van der Waals surface area contributed by atoms with Crippen LogP contribution in [0.5, 0.6) is 0 Å². The predicted octanol–water partition coefficient (Wildman–Crippen LogP) is 5.21. The molecule has 0 fully saturated rings. The van der Waals surface area contributed by atoms with E-state index in [0.29, 0.717) is 21.3 Å². The zero-order chi connectivity index (χ0) is 17.0. The van der Waals surface area contributed by atoms with Gasteiger partial charge in [0.25, 0.3) is 0 Å². The Morgan fingerprint density at radius 2 is 1.74 bits per heavy atom. The van der Waals surface area contributed by atoms with Crippen LogP contribution in [0.2, 0.25) is 10.0 Å². The fraction of sp³-hybridized carbons (Fsp3) is 0.222. The standard InChI is InChI=1S/C18H17Cl2NO2/c1-11-6-7-13(10-12(11)2)16(22)8-9-17(23)21-15-5-3-4-14(19)18(15)20/h3-7,10H,8-9H2,1-2H3,(H,21,23). The van der Waals surface area contributed by atoms with E-state index in [1.165, 1.54) is 0 Å². The number of hydrogen-bond acceptors (Lipinski definition) is 2. The summed E-state index contributed by atoms with van der Waals surface area (Å²) in [6.07, 6.45) is 0.237. The lowest BCUT2D eigenvalue weighted by Crippen LogP contribution is -2.14. The lowest BCUT2D eigenvalue weighted by molar-refractivity contribution is -0.116. The number of Topliss-reactive ketones (excluding diaryl/α,β-unsaturated/α-hetero) is 1. The number of amides is 1. The maximum absolute atomic E-state index is 12.2. The number of nitrogens with one attached hydrogen (secondary N) is 1. The van der Waals surface area contributed by atoms with Crippen molar-refractivity contribution >= 4 is 40.6 Å². The first-order valence-electron chi connectivity index (χ1n) is 7.23. The fourth-order valence-electron chi connectivity index (χ4n) is 2.10. The van der Waals surface area contributed by atoms with E-state index in [0.717, 1.165) is 11.1 Å². The van der Waals surface area contributed by atoms with Crippen LogP contribution in [-0.4, -0.2) is 11.7 Å². The Kier molecular flexibility index (Phi) is 5.80. The van der Waals surface area contributed by atoms with Gasteiger partial charge in [-0.3, -0.25) is 9.59 Å². The van der Waals surface area contributed by atoms with E-state index in [9.17, 15) is 9.59 Å². The molecular weight excluding hydrogens is 333 g/mol. The van der Waals surface area contributed by atoms with E-state index in [4.69, 9.17) is 23.2 Å². The van der Waals surface area contributed by atoms with Gasteiger partial charge in [0.2, 0.25) is 5.91 Å². The molecule has 2 aromatic rings. The number of anilines is 1. The van der Waals surface area contributed by atoms with Gasteiger partial charge in [-0.05, 0) is 43.2 Å². The maximum atomic E-state index is 12.2. The van der Waals surface area contributed by atoms with Crippen LogP contribution in [0.3, 0.4) is 0 Å². The first-order valence-corrected chi connectivity index (χ1v) is 7.98. The van der Waals surface area contributed by atoms with Crippen molar-refractivity contribution in [3.05, 3.63) is 63.1 Å². The molecular formula is C18H17Cl2NO2. The molecule has 0 radical (unpaired) electrons. The van der Waals surface area contributed by atoms with Gasteiger partial charge in [0.05, 0.1) is 15.7 Å². The van der Waals surface area contributed by atoms with Crippen LogP contribution in [0.4, 0.5) is 5.69 Å². The molecule has 0 aromatic heterocycles. The lowest BCUT2D eigenvalue weighted by Gasteiger charge is -2.08. The van der Waals surface area contributed by atoms with Gasteiger partial charge in [0.1, 0.15) is 0 Å². The SMILES string of the molecule is Cc1ccc(C(=O)CCC(=O)Nc2cccc(Cl)c2Cl)cc1C. The van der Waals surface area contributed by atoms with Crippen molar-refractivity contribution in [1.29, 1.82) is 0 Å². The Labute approximate surface area is 145 Å². The molecule has 5 heteroatoms. The van der Waals surface area contributed by atoms with E-state index in [2.05, 4.69) is 5.32 Å². The molecule has 0 unspecified atom stereocenters. The maximum Gasteiger partial charge on any atom is 0.224 e. The average Bonchev–Trinajstić information content (AvgIpc) is 2.52. The predicted molar refractivity (Wildman–Crippen MR) is 94.6 cm³/mol. The van der Waals surface area contributed by atoms with Crippen LogP contribution < -0.4 is 5.32 Å². The highest BCUT2D eigenvalue weighted by molar-refractivity contribution is 6.44. The van der Waals surface area contributed by atoms with Gasteiger partial charge in [-0.15, -0.1) is 0 Å². The molecule has 2 aromatic carbocycles. The van der Waals surface area contributed by atoms with Crippen LogP contribution >= 0.6 is 23.2 Å². The number of carbonyl (C=O) groups excluding carboxylic acids is 2. The molecule has 0 atom stereocenters. The topological polar surface area (TPSA) is 46.2 Å². The molecule has 2 rings (SSSR count). The minimum Gasteiger partial charge on any atom is -0.325 e. The van der Waals surface area contributed by atoms with E-state index < -0.39 is 0 Å². The highest BCUT2D eigenvalue weighted by Gasteiger charge is 2.12. The number of halogens is 2. The molecule has 0 heterocycles. The largest absolute Gasteiger partial charge is 0.325 e. The van der Waals surface area contributed by atoms with Crippen LogP contribution in [0, 0.1) is 13.8 Å². The van der Waals surface area contributed by atoms with Crippen molar-refractivity contribution in [2.45, 2.75) is 26.7 Å². The molecule has 0 aliphatic carbocycles. The summed E-state index contributed by atoms with van der Waals surface area (Å²) in [5.74, 6) is -0.327. The Hall–Kier alpha value is -1.84. The Morgan fingerprint density at radius 1 is 1.00 bits per heavy atom.